The minimum Gasteiger partial charge on any atom is -0.497 e. The van der Waals surface area contributed by atoms with Crippen molar-refractivity contribution in [1.82, 2.24) is 14.3 Å². The highest BCUT2D eigenvalue weighted by molar-refractivity contribution is 5.46. The minimum absolute atomic E-state index is 0.473. The average Bonchev–Trinajstić information content (AvgIpc) is 2.93. The second-order valence-electron chi connectivity index (χ2n) is 4.64. The first-order valence-corrected chi connectivity index (χ1v) is 6.01. The topological polar surface area (TPSA) is 29.8 Å². The quantitative estimate of drug-likeness (QED) is 0.793. The summed E-state index contributed by atoms with van der Waals surface area (Å²) in [5.41, 5.74) is 2.12. The molecule has 0 N–H and O–H groups in total. The van der Waals surface area contributed by atoms with Gasteiger partial charge in [0.1, 0.15) is 11.4 Å². The van der Waals surface area contributed by atoms with Gasteiger partial charge in [0.25, 0.3) is 0 Å². The van der Waals surface area contributed by atoms with Crippen molar-refractivity contribution in [3.63, 3.8) is 0 Å². The van der Waals surface area contributed by atoms with Gasteiger partial charge in [-0.2, -0.15) is 0 Å². The molecule has 1 aliphatic rings. The highest BCUT2D eigenvalue weighted by Crippen LogP contribution is 2.30. The summed E-state index contributed by atoms with van der Waals surface area (Å²) in [5, 5.41) is 0. The third-order valence-electron chi connectivity index (χ3n) is 3.55. The molecule has 2 aromatic heterocycles. The van der Waals surface area contributed by atoms with Gasteiger partial charge in [0.05, 0.1) is 18.8 Å². The Bertz CT molecular complexity index is 534. The zero-order chi connectivity index (χ0) is 11.8. The molecule has 3 heterocycles. The normalized spacial score (nSPS) is 21.2. The first-order chi connectivity index (χ1) is 8.28. The summed E-state index contributed by atoms with van der Waals surface area (Å²) in [5.74, 6) is 0.856. The number of fused-ring (bicyclic) bond motifs is 1. The molecule has 0 aliphatic carbocycles. The maximum atomic E-state index is 5.21. The van der Waals surface area contributed by atoms with Gasteiger partial charge in [-0.05, 0) is 32.5 Å². The Kier molecular flexibility index (Phi) is 2.52. The predicted octanol–water partition coefficient (Wildman–Crippen LogP) is 2.11. The number of imidazole rings is 1. The molecule has 0 amide bonds. The molecular formula is C13H17N3O. The van der Waals surface area contributed by atoms with Crippen LogP contribution in [0.3, 0.4) is 0 Å². The molecule has 1 aliphatic heterocycles. The summed E-state index contributed by atoms with van der Waals surface area (Å²) in [4.78, 5) is 7.07. The van der Waals surface area contributed by atoms with E-state index in [1.165, 1.54) is 25.1 Å². The van der Waals surface area contributed by atoms with E-state index < -0.39 is 0 Å². The van der Waals surface area contributed by atoms with Gasteiger partial charge in [-0.15, -0.1) is 0 Å². The summed E-state index contributed by atoms with van der Waals surface area (Å²) >= 11 is 0. The van der Waals surface area contributed by atoms with E-state index in [2.05, 4.69) is 22.5 Å². The van der Waals surface area contributed by atoms with Gasteiger partial charge in [0.15, 0.2) is 0 Å². The third kappa shape index (κ3) is 1.78. The molecule has 3 rings (SSSR count). The molecule has 0 spiro atoms. The number of nitrogens with zero attached hydrogens (tertiary/aromatic N) is 3. The molecule has 90 valence electrons. The van der Waals surface area contributed by atoms with E-state index in [1.54, 1.807) is 7.11 Å². The summed E-state index contributed by atoms with van der Waals surface area (Å²) < 4.78 is 7.27. The Labute approximate surface area is 101 Å². The molecular weight excluding hydrogens is 214 g/mol. The molecule has 0 saturated carbocycles. The smallest absolute Gasteiger partial charge is 0.140 e. The summed E-state index contributed by atoms with van der Waals surface area (Å²) in [7, 11) is 3.85. The molecule has 1 unspecified atom stereocenters. The molecule has 2 aromatic rings. The Morgan fingerprint density at radius 1 is 1.47 bits per heavy atom. The van der Waals surface area contributed by atoms with Crippen LogP contribution in [-0.2, 0) is 0 Å². The minimum atomic E-state index is 0.473. The molecule has 1 fully saturated rings. The number of aromatic nitrogens is 2. The van der Waals surface area contributed by atoms with Gasteiger partial charge < -0.3 is 9.14 Å². The van der Waals surface area contributed by atoms with E-state index >= 15 is 0 Å². The Morgan fingerprint density at radius 3 is 3.06 bits per heavy atom. The Balaban J connectivity index is 2.01. The molecule has 1 saturated heterocycles. The van der Waals surface area contributed by atoms with Crippen molar-refractivity contribution in [2.24, 2.45) is 0 Å². The van der Waals surface area contributed by atoms with Gasteiger partial charge >= 0.3 is 0 Å². The van der Waals surface area contributed by atoms with Crippen molar-refractivity contribution < 1.29 is 4.74 Å². The summed E-state index contributed by atoms with van der Waals surface area (Å²) in [6.45, 7) is 1.17. The van der Waals surface area contributed by atoms with Crippen LogP contribution in [0.1, 0.15) is 24.6 Å². The second kappa shape index (κ2) is 4.04. The van der Waals surface area contributed by atoms with E-state index in [0.29, 0.717) is 6.04 Å². The zero-order valence-electron chi connectivity index (χ0n) is 10.3. The molecule has 0 aromatic carbocycles. The monoisotopic (exact) mass is 231 g/mol. The maximum Gasteiger partial charge on any atom is 0.140 e. The number of methoxy groups -OCH3 is 1. The average molecular weight is 231 g/mol. The summed E-state index contributed by atoms with van der Waals surface area (Å²) in [6.07, 6.45) is 6.59. The van der Waals surface area contributed by atoms with E-state index in [0.717, 1.165) is 11.4 Å². The first-order valence-electron chi connectivity index (χ1n) is 6.01. The highest BCUT2D eigenvalue weighted by Gasteiger charge is 2.24. The molecule has 4 heteroatoms. The van der Waals surface area contributed by atoms with Crippen LogP contribution in [0.2, 0.25) is 0 Å². The van der Waals surface area contributed by atoms with Crippen LogP contribution in [0.25, 0.3) is 5.65 Å². The van der Waals surface area contributed by atoms with Gasteiger partial charge in [-0.3, -0.25) is 4.90 Å². The zero-order valence-corrected chi connectivity index (χ0v) is 10.3. The highest BCUT2D eigenvalue weighted by atomic mass is 16.5. The lowest BCUT2D eigenvalue weighted by atomic mass is 10.2. The van der Waals surface area contributed by atoms with Gasteiger partial charge in [-0.1, -0.05) is 0 Å². The van der Waals surface area contributed by atoms with Crippen molar-refractivity contribution in [2.45, 2.75) is 18.9 Å². The van der Waals surface area contributed by atoms with Crippen LogP contribution in [0, 0.1) is 0 Å². The maximum absolute atomic E-state index is 5.21. The van der Waals surface area contributed by atoms with Crippen LogP contribution < -0.4 is 4.74 Å². The van der Waals surface area contributed by atoms with Gasteiger partial charge in [0.2, 0.25) is 0 Å². The van der Waals surface area contributed by atoms with Crippen molar-refractivity contribution in [3.8, 4) is 5.75 Å². The summed E-state index contributed by atoms with van der Waals surface area (Å²) in [6, 6.07) is 4.40. The lowest BCUT2D eigenvalue weighted by Gasteiger charge is -2.16. The fraction of sp³-hybridized carbons (Fsp3) is 0.462. The Morgan fingerprint density at radius 2 is 2.35 bits per heavy atom. The number of hydrogen-bond donors (Lipinski definition) is 0. The predicted molar refractivity (Wildman–Crippen MR) is 66.3 cm³/mol. The molecule has 1 atom stereocenters. The van der Waals surface area contributed by atoms with Crippen molar-refractivity contribution in [3.05, 3.63) is 30.2 Å². The molecule has 17 heavy (non-hydrogen) atoms. The second-order valence-corrected chi connectivity index (χ2v) is 4.64. The Hall–Kier alpha value is -1.55. The van der Waals surface area contributed by atoms with E-state index in [4.69, 9.17) is 9.72 Å². The number of rotatable bonds is 2. The number of hydrogen-bond acceptors (Lipinski definition) is 3. The lowest BCUT2D eigenvalue weighted by molar-refractivity contribution is 0.313. The lowest BCUT2D eigenvalue weighted by Crippen LogP contribution is -2.17. The van der Waals surface area contributed by atoms with Crippen LogP contribution in [-0.4, -0.2) is 35.0 Å². The number of likely N-dealkylation sites (tertiary alicyclic amines) is 1. The van der Waals surface area contributed by atoms with Crippen LogP contribution >= 0.6 is 0 Å². The van der Waals surface area contributed by atoms with Crippen molar-refractivity contribution >= 4 is 5.65 Å². The number of ether oxygens (including phenoxy) is 1. The SMILES string of the molecule is COc1ccn2cc(C3CCCN3C)nc2c1. The molecule has 0 bridgehead atoms. The third-order valence-corrected chi connectivity index (χ3v) is 3.55. The first kappa shape index (κ1) is 10.6. The van der Waals surface area contributed by atoms with Gasteiger partial charge in [-0.25, -0.2) is 4.98 Å². The van der Waals surface area contributed by atoms with Crippen molar-refractivity contribution in [2.75, 3.05) is 20.7 Å². The van der Waals surface area contributed by atoms with Crippen LogP contribution in [0.4, 0.5) is 0 Å². The fourth-order valence-electron chi connectivity index (χ4n) is 2.55. The van der Waals surface area contributed by atoms with Gasteiger partial charge in [0, 0.05) is 18.5 Å². The van der Waals surface area contributed by atoms with Crippen molar-refractivity contribution in [1.29, 1.82) is 0 Å². The van der Waals surface area contributed by atoms with E-state index in [9.17, 15) is 0 Å². The molecule has 4 nitrogen and oxygen atoms in total. The molecule has 0 radical (unpaired) electrons. The van der Waals surface area contributed by atoms with E-state index in [1.807, 2.05) is 18.3 Å². The fourth-order valence-corrected chi connectivity index (χ4v) is 2.55. The van der Waals surface area contributed by atoms with E-state index in [-0.39, 0.29) is 0 Å². The standard InChI is InChI=1S/C13H17N3O/c1-15-6-3-4-12(15)11-9-16-7-5-10(17-2)8-13(16)14-11/h5,7-9,12H,3-4,6H2,1-2H3. The number of pyridine rings is 1. The van der Waals surface area contributed by atoms with Crippen LogP contribution in [0.5, 0.6) is 5.75 Å². The van der Waals surface area contributed by atoms with Crippen LogP contribution in [0.15, 0.2) is 24.5 Å². The largest absolute Gasteiger partial charge is 0.497 e.